The van der Waals surface area contributed by atoms with Crippen LogP contribution in [-0.4, -0.2) is 24.5 Å². The summed E-state index contributed by atoms with van der Waals surface area (Å²) in [6.07, 6.45) is -3.65. The Labute approximate surface area is 97.7 Å². The van der Waals surface area contributed by atoms with E-state index in [0.717, 1.165) is 11.3 Å². The van der Waals surface area contributed by atoms with E-state index in [-0.39, 0.29) is 11.5 Å². The number of aryl methyl sites for hydroxylation is 1. The number of carbonyl (C=O) groups is 1. The van der Waals surface area contributed by atoms with Crippen molar-refractivity contribution in [1.29, 1.82) is 0 Å². The Hall–Kier alpha value is -1.49. The lowest BCUT2D eigenvalue weighted by Gasteiger charge is -2.26. The SMILES string of the molecule is CN1C(=O)CCc2cc(C(O)C(F)F)ccc21. The van der Waals surface area contributed by atoms with Crippen LogP contribution in [0.2, 0.25) is 0 Å². The maximum absolute atomic E-state index is 12.4. The summed E-state index contributed by atoms with van der Waals surface area (Å²) >= 11 is 0. The lowest BCUT2D eigenvalue weighted by atomic mass is 9.97. The number of alkyl halides is 2. The molecule has 1 atom stereocenters. The first-order chi connectivity index (χ1) is 8.00. The van der Waals surface area contributed by atoms with Crippen LogP contribution in [0.25, 0.3) is 0 Å². The molecule has 0 saturated heterocycles. The molecule has 3 nitrogen and oxygen atoms in total. The van der Waals surface area contributed by atoms with Crippen LogP contribution < -0.4 is 4.90 Å². The molecule has 0 aromatic heterocycles. The van der Waals surface area contributed by atoms with Crippen LogP contribution >= 0.6 is 0 Å². The summed E-state index contributed by atoms with van der Waals surface area (Å²) in [5.41, 5.74) is 1.75. The van der Waals surface area contributed by atoms with Gasteiger partial charge in [-0.3, -0.25) is 4.79 Å². The molecule has 1 aliphatic heterocycles. The monoisotopic (exact) mass is 241 g/mol. The van der Waals surface area contributed by atoms with Crippen molar-refractivity contribution in [3.8, 4) is 0 Å². The molecule has 92 valence electrons. The molecule has 17 heavy (non-hydrogen) atoms. The first-order valence-electron chi connectivity index (χ1n) is 5.36. The summed E-state index contributed by atoms with van der Waals surface area (Å²) in [6.45, 7) is 0. The van der Waals surface area contributed by atoms with Crippen molar-refractivity contribution in [1.82, 2.24) is 0 Å². The van der Waals surface area contributed by atoms with E-state index in [9.17, 15) is 18.7 Å². The highest BCUT2D eigenvalue weighted by Crippen LogP contribution is 2.30. The molecule has 0 bridgehead atoms. The highest BCUT2D eigenvalue weighted by atomic mass is 19.3. The van der Waals surface area contributed by atoms with Gasteiger partial charge < -0.3 is 10.0 Å². The normalized spacial score (nSPS) is 17.2. The second kappa shape index (κ2) is 4.41. The smallest absolute Gasteiger partial charge is 0.268 e. The number of fused-ring (bicyclic) bond motifs is 1. The number of aliphatic hydroxyl groups is 1. The van der Waals surface area contributed by atoms with E-state index in [2.05, 4.69) is 0 Å². The lowest BCUT2D eigenvalue weighted by Crippen LogP contribution is -2.31. The van der Waals surface area contributed by atoms with E-state index in [0.29, 0.717) is 12.8 Å². The van der Waals surface area contributed by atoms with E-state index >= 15 is 0 Å². The van der Waals surface area contributed by atoms with Gasteiger partial charge in [0.25, 0.3) is 6.43 Å². The van der Waals surface area contributed by atoms with E-state index in [1.807, 2.05) is 0 Å². The van der Waals surface area contributed by atoms with Gasteiger partial charge in [0.15, 0.2) is 0 Å². The second-order valence-electron chi connectivity index (χ2n) is 4.12. The van der Waals surface area contributed by atoms with Gasteiger partial charge in [-0.2, -0.15) is 0 Å². The van der Waals surface area contributed by atoms with Crippen molar-refractivity contribution in [3.63, 3.8) is 0 Å². The van der Waals surface area contributed by atoms with Crippen molar-refractivity contribution in [2.75, 3.05) is 11.9 Å². The third-order valence-corrected chi connectivity index (χ3v) is 3.03. The van der Waals surface area contributed by atoms with E-state index in [1.165, 1.54) is 11.0 Å². The number of rotatable bonds is 2. The van der Waals surface area contributed by atoms with Gasteiger partial charge in [-0.15, -0.1) is 0 Å². The van der Waals surface area contributed by atoms with Crippen molar-refractivity contribution >= 4 is 11.6 Å². The topological polar surface area (TPSA) is 40.5 Å². The maximum atomic E-state index is 12.4. The van der Waals surface area contributed by atoms with Crippen LogP contribution in [0, 0.1) is 0 Å². The quantitative estimate of drug-likeness (QED) is 0.859. The number of carbonyl (C=O) groups excluding carboxylic acids is 1. The maximum Gasteiger partial charge on any atom is 0.268 e. The van der Waals surface area contributed by atoms with Gasteiger partial charge in [-0.05, 0) is 23.6 Å². The lowest BCUT2D eigenvalue weighted by molar-refractivity contribution is -0.118. The minimum atomic E-state index is -2.80. The average molecular weight is 241 g/mol. The van der Waals surface area contributed by atoms with Gasteiger partial charge in [-0.1, -0.05) is 12.1 Å². The number of benzene rings is 1. The molecule has 1 heterocycles. The van der Waals surface area contributed by atoms with Gasteiger partial charge in [0.05, 0.1) is 0 Å². The molecule has 1 aliphatic rings. The summed E-state index contributed by atoms with van der Waals surface area (Å²) in [7, 11) is 1.66. The van der Waals surface area contributed by atoms with Crippen LogP contribution in [-0.2, 0) is 11.2 Å². The Balaban J connectivity index is 2.35. The number of hydrogen-bond acceptors (Lipinski definition) is 2. The molecule has 0 saturated carbocycles. The Morgan fingerprint density at radius 2 is 2.06 bits per heavy atom. The van der Waals surface area contributed by atoms with Crippen molar-refractivity contribution in [2.24, 2.45) is 0 Å². The fourth-order valence-corrected chi connectivity index (χ4v) is 2.01. The molecule has 1 unspecified atom stereocenters. The van der Waals surface area contributed by atoms with Crippen LogP contribution in [0.15, 0.2) is 18.2 Å². The minimum absolute atomic E-state index is 0.0136. The zero-order chi connectivity index (χ0) is 12.6. The first kappa shape index (κ1) is 12.0. The molecule has 1 amide bonds. The highest BCUT2D eigenvalue weighted by Gasteiger charge is 2.24. The molecular weight excluding hydrogens is 228 g/mol. The third-order valence-electron chi connectivity index (χ3n) is 3.03. The number of amides is 1. The summed E-state index contributed by atoms with van der Waals surface area (Å²) < 4.78 is 24.7. The summed E-state index contributed by atoms with van der Waals surface area (Å²) in [6, 6.07) is 4.59. The van der Waals surface area contributed by atoms with Crippen LogP contribution in [0.1, 0.15) is 23.7 Å². The predicted octanol–water partition coefficient (Wildman–Crippen LogP) is 1.89. The Bertz CT molecular complexity index is 448. The van der Waals surface area contributed by atoms with Gasteiger partial charge in [-0.25, -0.2) is 8.78 Å². The first-order valence-corrected chi connectivity index (χ1v) is 5.36. The molecule has 5 heteroatoms. The minimum Gasteiger partial charge on any atom is -0.382 e. The fourth-order valence-electron chi connectivity index (χ4n) is 2.01. The predicted molar refractivity (Wildman–Crippen MR) is 59.1 cm³/mol. The van der Waals surface area contributed by atoms with Gasteiger partial charge in [0.1, 0.15) is 6.10 Å². The molecule has 0 aliphatic carbocycles. The van der Waals surface area contributed by atoms with Crippen molar-refractivity contribution < 1.29 is 18.7 Å². The largest absolute Gasteiger partial charge is 0.382 e. The van der Waals surface area contributed by atoms with Gasteiger partial charge >= 0.3 is 0 Å². The average Bonchev–Trinajstić information content (AvgIpc) is 2.32. The Kier molecular flexibility index (Phi) is 3.11. The molecule has 0 fully saturated rings. The molecule has 1 aromatic rings. The van der Waals surface area contributed by atoms with Gasteiger partial charge in [0.2, 0.25) is 5.91 Å². The van der Waals surface area contributed by atoms with Crippen molar-refractivity contribution in [3.05, 3.63) is 29.3 Å². The fraction of sp³-hybridized carbons (Fsp3) is 0.417. The van der Waals surface area contributed by atoms with Crippen LogP contribution in [0.4, 0.5) is 14.5 Å². The van der Waals surface area contributed by atoms with E-state index < -0.39 is 12.5 Å². The van der Waals surface area contributed by atoms with Crippen molar-refractivity contribution in [2.45, 2.75) is 25.4 Å². The molecule has 1 N–H and O–H groups in total. The third kappa shape index (κ3) is 2.15. The zero-order valence-corrected chi connectivity index (χ0v) is 9.36. The molecular formula is C12H13F2NO2. The van der Waals surface area contributed by atoms with Crippen LogP contribution in [0.5, 0.6) is 0 Å². The van der Waals surface area contributed by atoms with Gasteiger partial charge in [0, 0.05) is 19.2 Å². The number of nitrogens with zero attached hydrogens (tertiary/aromatic N) is 1. The number of hydrogen-bond donors (Lipinski definition) is 1. The second-order valence-corrected chi connectivity index (χ2v) is 4.12. The highest BCUT2D eigenvalue weighted by molar-refractivity contribution is 5.95. The standard InChI is InChI=1S/C12H13F2NO2/c1-15-9-4-2-8(11(17)12(13)14)6-7(9)3-5-10(15)16/h2,4,6,11-12,17H,3,5H2,1H3. The van der Waals surface area contributed by atoms with E-state index in [1.54, 1.807) is 19.2 Å². The number of halogens is 2. The summed E-state index contributed by atoms with van der Waals surface area (Å²) in [5.74, 6) is 0.0136. The van der Waals surface area contributed by atoms with Crippen LogP contribution in [0.3, 0.4) is 0 Å². The Morgan fingerprint density at radius 3 is 2.71 bits per heavy atom. The molecule has 0 spiro atoms. The molecule has 2 rings (SSSR count). The number of anilines is 1. The summed E-state index contributed by atoms with van der Waals surface area (Å²) in [5, 5.41) is 9.29. The molecule has 1 aromatic carbocycles. The molecule has 0 radical (unpaired) electrons. The Morgan fingerprint density at radius 1 is 1.35 bits per heavy atom. The number of aliphatic hydroxyl groups excluding tert-OH is 1. The summed E-state index contributed by atoms with van der Waals surface area (Å²) in [4.78, 5) is 13.0. The zero-order valence-electron chi connectivity index (χ0n) is 9.36. The van der Waals surface area contributed by atoms with E-state index in [4.69, 9.17) is 0 Å².